The minimum Gasteiger partial charge on any atom is -0.508 e. The lowest BCUT2D eigenvalue weighted by Crippen LogP contribution is -2.62. The first kappa shape index (κ1) is 41.7. The van der Waals surface area contributed by atoms with Gasteiger partial charge in [-0.15, -0.1) is 0 Å². The molecule has 2 aromatic carbocycles. The van der Waals surface area contributed by atoms with Gasteiger partial charge in [-0.1, -0.05) is 6.92 Å². The van der Waals surface area contributed by atoms with Gasteiger partial charge in [0.1, 0.15) is 47.6 Å². The Morgan fingerprint density at radius 2 is 1.56 bits per heavy atom. The second kappa shape index (κ2) is 15.5. The van der Waals surface area contributed by atoms with Gasteiger partial charge in [0.15, 0.2) is 30.4 Å². The van der Waals surface area contributed by atoms with E-state index in [0.29, 0.717) is 6.42 Å². The summed E-state index contributed by atoms with van der Waals surface area (Å²) in [7, 11) is 4.93. The molecule has 0 aromatic heterocycles. The van der Waals surface area contributed by atoms with Crippen LogP contribution in [0.1, 0.15) is 115 Å². The monoisotopic (exact) mass is 825 g/mol. The highest BCUT2D eigenvalue weighted by atomic mass is 16.8. The summed E-state index contributed by atoms with van der Waals surface area (Å²) in [6.45, 7) is 7.07. The maximum atomic E-state index is 14.0. The van der Waals surface area contributed by atoms with Crippen LogP contribution in [0, 0.1) is 0 Å². The molecule has 59 heavy (non-hydrogen) atoms. The van der Waals surface area contributed by atoms with E-state index in [0.717, 1.165) is 19.2 Å². The minimum absolute atomic E-state index is 0.00761. The van der Waals surface area contributed by atoms with Gasteiger partial charge in [-0.3, -0.25) is 19.2 Å². The van der Waals surface area contributed by atoms with E-state index in [9.17, 15) is 39.6 Å². The number of phenolic OH excluding ortho intramolecular Hbond substituents is 3. The number of phenols is 3. The summed E-state index contributed by atoms with van der Waals surface area (Å²) in [5.74, 6) is -5.70. The zero-order valence-electron chi connectivity index (χ0n) is 33.9. The standard InChI is InChI=1S/C42H51NO16/c1-8-42(51)15-28(32-20(34(42)40(50)52-7)11-22-33(37(32)49)36(48)31-21(35(22)47)9-19(44)10-25(31)46)57-29-12-23(43(5)6)38(17(3)53-29)58-30-14-26-39(18(4)54-30)59-41-27(56-26)13-24(45)16(2)55-41/h9-11,16-18,23,26-30,34,38-39,41,44,46,49,51H,8,12-15H2,1-7H3. The maximum Gasteiger partial charge on any atom is 0.316 e. The van der Waals surface area contributed by atoms with Gasteiger partial charge in [-0.05, 0) is 59.0 Å². The Morgan fingerprint density at radius 3 is 2.25 bits per heavy atom. The molecular weight excluding hydrogens is 774 g/mol. The van der Waals surface area contributed by atoms with E-state index < -0.39 is 125 Å². The summed E-state index contributed by atoms with van der Waals surface area (Å²) >= 11 is 0. The number of carbonyl (C=O) groups excluding carboxylic acids is 4. The number of hydrogen-bond acceptors (Lipinski definition) is 17. The fraction of sp³-hybridized carbons (Fsp3) is 0.619. The van der Waals surface area contributed by atoms with Crippen LogP contribution in [-0.4, -0.2) is 143 Å². The molecule has 0 radical (unpaired) electrons. The molecule has 0 bridgehead atoms. The largest absolute Gasteiger partial charge is 0.508 e. The number of aromatic hydroxyl groups is 3. The van der Waals surface area contributed by atoms with Crippen molar-refractivity contribution < 1.29 is 77.5 Å². The Morgan fingerprint density at radius 1 is 0.864 bits per heavy atom. The topological polar surface area (TPSA) is 226 Å². The number of methoxy groups -OCH3 is 1. The van der Waals surface area contributed by atoms with Gasteiger partial charge in [-0.25, -0.2) is 0 Å². The van der Waals surface area contributed by atoms with Crippen molar-refractivity contribution in [2.24, 2.45) is 0 Å². The number of nitrogens with zero attached hydrogens (tertiary/aromatic N) is 1. The number of Topliss-reactive ketones (excluding diaryl/α,β-unsaturated/α-hetero) is 1. The third kappa shape index (κ3) is 7.03. The number of ketones is 3. The van der Waals surface area contributed by atoms with Gasteiger partial charge in [0.2, 0.25) is 5.78 Å². The Bertz CT molecular complexity index is 2050. The Hall–Kier alpha value is -4.04. The van der Waals surface area contributed by atoms with Crippen molar-refractivity contribution in [3.8, 4) is 17.2 Å². The van der Waals surface area contributed by atoms with Gasteiger partial charge in [0.05, 0.1) is 48.3 Å². The number of aliphatic hydroxyl groups is 1. The number of rotatable bonds is 7. The second-order valence-corrected chi connectivity index (χ2v) is 16.7. The Balaban J connectivity index is 1.07. The molecule has 6 aliphatic rings. The number of fused-ring (bicyclic) bond motifs is 5. The molecule has 14 unspecified atom stereocenters. The first-order chi connectivity index (χ1) is 27.9. The van der Waals surface area contributed by atoms with E-state index in [1.807, 2.05) is 32.8 Å². The van der Waals surface area contributed by atoms with Crippen molar-refractivity contribution in [3.63, 3.8) is 0 Å². The number of esters is 1. The van der Waals surface area contributed by atoms with Crippen LogP contribution in [0.25, 0.3) is 0 Å². The average Bonchev–Trinajstić information content (AvgIpc) is 3.17. The van der Waals surface area contributed by atoms with Crippen molar-refractivity contribution in [1.29, 1.82) is 0 Å². The SMILES string of the molecule is CCC1(O)CC(OC2CC(N(C)C)C(OC3CC4OC5CC(=O)C(C)OC5OC4C(C)O3)C(C)O2)c2c(cc3c(c2O)C(=O)c2c(O)cc(O)cc2C3=O)C1C(=O)OC. The molecule has 2 aliphatic carbocycles. The van der Waals surface area contributed by atoms with Crippen LogP contribution in [0.2, 0.25) is 0 Å². The van der Waals surface area contributed by atoms with Gasteiger partial charge >= 0.3 is 5.97 Å². The highest BCUT2D eigenvalue weighted by Gasteiger charge is 2.54. The molecule has 4 aliphatic heterocycles. The van der Waals surface area contributed by atoms with Crippen LogP contribution in [0.3, 0.4) is 0 Å². The molecule has 14 atom stereocenters. The zero-order chi connectivity index (χ0) is 42.4. The van der Waals surface area contributed by atoms with Gasteiger partial charge in [0, 0.05) is 54.5 Å². The molecule has 17 nitrogen and oxygen atoms in total. The fourth-order valence-electron chi connectivity index (χ4n) is 9.77. The summed E-state index contributed by atoms with van der Waals surface area (Å²) in [6, 6.07) is 2.92. The van der Waals surface area contributed by atoms with Crippen LogP contribution in [0.5, 0.6) is 17.2 Å². The molecule has 0 amide bonds. The van der Waals surface area contributed by atoms with Crippen LogP contribution in [0.15, 0.2) is 18.2 Å². The predicted molar refractivity (Wildman–Crippen MR) is 201 cm³/mol. The van der Waals surface area contributed by atoms with Crippen LogP contribution >= 0.6 is 0 Å². The van der Waals surface area contributed by atoms with Gasteiger partial charge < -0.3 is 63.2 Å². The molecule has 2 aromatic rings. The highest BCUT2D eigenvalue weighted by Crippen LogP contribution is 2.54. The number of hydrogen-bond donors (Lipinski definition) is 4. The third-order valence-electron chi connectivity index (χ3n) is 12.9. The first-order valence-corrected chi connectivity index (χ1v) is 20.1. The molecule has 4 N–H and O–H groups in total. The smallest absolute Gasteiger partial charge is 0.316 e. The summed E-state index contributed by atoms with van der Waals surface area (Å²) < 4.78 is 49.5. The molecule has 0 saturated carbocycles. The highest BCUT2D eigenvalue weighted by molar-refractivity contribution is 6.30. The molecule has 17 heteroatoms. The Labute approximate surface area is 340 Å². The van der Waals surface area contributed by atoms with Crippen molar-refractivity contribution >= 4 is 23.3 Å². The van der Waals surface area contributed by atoms with E-state index in [1.54, 1.807) is 13.8 Å². The molecule has 4 heterocycles. The quantitative estimate of drug-likeness (QED) is 0.251. The molecule has 4 fully saturated rings. The van der Waals surface area contributed by atoms with Gasteiger partial charge in [0.25, 0.3) is 0 Å². The minimum atomic E-state index is -1.79. The number of likely N-dealkylation sites (N-methyl/N-ethyl adjacent to an activating group) is 1. The lowest BCUT2D eigenvalue weighted by atomic mass is 9.67. The van der Waals surface area contributed by atoms with Crippen molar-refractivity contribution in [1.82, 2.24) is 4.90 Å². The normalized spacial score (nSPS) is 37.8. The Kier molecular flexibility index (Phi) is 10.9. The van der Waals surface area contributed by atoms with Crippen LogP contribution < -0.4 is 0 Å². The molecule has 4 saturated heterocycles. The number of benzene rings is 2. The lowest BCUT2D eigenvalue weighted by Gasteiger charge is -2.51. The van der Waals surface area contributed by atoms with E-state index in [4.69, 9.17) is 37.9 Å². The van der Waals surface area contributed by atoms with Crippen molar-refractivity contribution in [2.45, 2.75) is 145 Å². The maximum absolute atomic E-state index is 14.0. The summed E-state index contributed by atoms with van der Waals surface area (Å²) in [6.07, 6.45) is -6.43. The first-order valence-electron chi connectivity index (χ1n) is 20.1. The molecule has 320 valence electrons. The molecule has 8 rings (SSSR count). The van der Waals surface area contributed by atoms with E-state index in [1.165, 1.54) is 6.07 Å². The zero-order valence-corrected chi connectivity index (χ0v) is 33.9. The summed E-state index contributed by atoms with van der Waals surface area (Å²) in [4.78, 5) is 55.6. The van der Waals surface area contributed by atoms with E-state index in [2.05, 4.69) is 0 Å². The van der Waals surface area contributed by atoms with Crippen molar-refractivity contribution in [2.75, 3.05) is 21.2 Å². The van der Waals surface area contributed by atoms with E-state index >= 15 is 0 Å². The summed E-state index contributed by atoms with van der Waals surface area (Å²) in [5, 5.41) is 44.9. The number of ether oxygens (including phenoxy) is 8. The lowest BCUT2D eigenvalue weighted by molar-refractivity contribution is -0.371. The number of carbonyl (C=O) groups is 4. The fourth-order valence-corrected chi connectivity index (χ4v) is 9.77. The van der Waals surface area contributed by atoms with Crippen molar-refractivity contribution in [3.05, 3.63) is 51.6 Å². The third-order valence-corrected chi connectivity index (χ3v) is 12.9. The summed E-state index contributed by atoms with van der Waals surface area (Å²) in [5.41, 5.74) is -3.15. The average molecular weight is 826 g/mol. The molecule has 0 spiro atoms. The van der Waals surface area contributed by atoms with Gasteiger partial charge in [-0.2, -0.15) is 0 Å². The van der Waals surface area contributed by atoms with E-state index in [-0.39, 0.29) is 59.8 Å². The predicted octanol–water partition coefficient (Wildman–Crippen LogP) is 2.88. The second-order valence-electron chi connectivity index (χ2n) is 16.7. The molecular formula is C42H51NO16. The van der Waals surface area contributed by atoms with Crippen LogP contribution in [-0.2, 0) is 47.5 Å². The van der Waals surface area contributed by atoms with Crippen LogP contribution in [0.4, 0.5) is 0 Å².